The predicted molar refractivity (Wildman–Crippen MR) is 87.0 cm³/mol. The molecule has 0 aromatic carbocycles. The van der Waals surface area contributed by atoms with E-state index >= 15 is 0 Å². The Morgan fingerprint density at radius 1 is 1.20 bits per heavy atom. The van der Waals surface area contributed by atoms with Crippen LogP contribution in [0.3, 0.4) is 0 Å². The summed E-state index contributed by atoms with van der Waals surface area (Å²) in [6.45, 7) is 2.68. The summed E-state index contributed by atoms with van der Waals surface area (Å²) in [7, 11) is 0. The third-order valence-electron chi connectivity index (χ3n) is 4.21. The molecule has 0 spiro atoms. The molecule has 0 bridgehead atoms. The van der Waals surface area contributed by atoms with E-state index in [1.165, 1.54) is 44.2 Å². The highest BCUT2D eigenvalue weighted by Gasteiger charge is 2.19. The largest absolute Gasteiger partial charge is 0.396 e. The van der Waals surface area contributed by atoms with E-state index < -0.39 is 0 Å². The van der Waals surface area contributed by atoms with Crippen LogP contribution < -0.4 is 4.90 Å². The number of piperidine rings is 1. The first-order valence-electron chi connectivity index (χ1n) is 7.77. The summed E-state index contributed by atoms with van der Waals surface area (Å²) in [5.74, 6) is 0.894. The fraction of sp³-hybridized carbons (Fsp3) is 0.688. The van der Waals surface area contributed by atoms with Crippen molar-refractivity contribution in [2.75, 3.05) is 24.6 Å². The molecular weight excluding hydrogens is 316 g/mol. The minimum Gasteiger partial charge on any atom is -0.396 e. The SMILES string of the molecule is OCCCCCCC1CCN(c2ccnc(Br)c2)CC1. The lowest BCUT2D eigenvalue weighted by Gasteiger charge is -2.33. The number of aliphatic hydroxyl groups is 1. The summed E-state index contributed by atoms with van der Waals surface area (Å²) in [6.07, 6.45) is 10.6. The number of rotatable bonds is 7. The van der Waals surface area contributed by atoms with Gasteiger partial charge in [-0.15, -0.1) is 0 Å². The quantitative estimate of drug-likeness (QED) is 0.601. The number of aromatic nitrogens is 1. The Kier molecular flexibility index (Phi) is 6.80. The van der Waals surface area contributed by atoms with Gasteiger partial charge in [-0.25, -0.2) is 4.98 Å². The molecule has 0 saturated carbocycles. The molecule has 0 unspecified atom stereocenters. The summed E-state index contributed by atoms with van der Waals surface area (Å²) in [5, 5.41) is 8.76. The van der Waals surface area contributed by atoms with Crippen molar-refractivity contribution in [2.24, 2.45) is 5.92 Å². The van der Waals surface area contributed by atoms with Gasteiger partial charge in [0.1, 0.15) is 4.60 Å². The van der Waals surface area contributed by atoms with Crippen LogP contribution in [0.15, 0.2) is 22.9 Å². The highest BCUT2D eigenvalue weighted by molar-refractivity contribution is 9.10. The molecule has 1 aliphatic rings. The molecule has 0 amide bonds. The molecule has 4 heteroatoms. The summed E-state index contributed by atoms with van der Waals surface area (Å²) in [6, 6.07) is 4.20. The van der Waals surface area contributed by atoms with Crippen LogP contribution in [-0.2, 0) is 0 Å². The monoisotopic (exact) mass is 340 g/mol. The van der Waals surface area contributed by atoms with E-state index in [1.807, 2.05) is 6.20 Å². The first-order chi connectivity index (χ1) is 9.79. The van der Waals surface area contributed by atoms with Crippen LogP contribution >= 0.6 is 15.9 Å². The first kappa shape index (κ1) is 15.8. The van der Waals surface area contributed by atoms with E-state index in [9.17, 15) is 0 Å². The van der Waals surface area contributed by atoms with Gasteiger partial charge in [0.05, 0.1) is 0 Å². The van der Waals surface area contributed by atoms with Crippen molar-refractivity contribution in [2.45, 2.75) is 44.9 Å². The molecule has 0 atom stereocenters. The third-order valence-corrected chi connectivity index (χ3v) is 4.64. The summed E-state index contributed by atoms with van der Waals surface area (Å²) in [5.41, 5.74) is 1.29. The minimum absolute atomic E-state index is 0.347. The maximum Gasteiger partial charge on any atom is 0.108 e. The van der Waals surface area contributed by atoms with Crippen LogP contribution in [0.4, 0.5) is 5.69 Å². The van der Waals surface area contributed by atoms with Gasteiger partial charge in [-0.2, -0.15) is 0 Å². The van der Waals surface area contributed by atoms with Crippen LogP contribution in [0.5, 0.6) is 0 Å². The fourth-order valence-corrected chi connectivity index (χ4v) is 3.32. The summed E-state index contributed by atoms with van der Waals surface area (Å²) >= 11 is 3.44. The highest BCUT2D eigenvalue weighted by Crippen LogP contribution is 2.27. The maximum atomic E-state index is 8.76. The number of halogens is 1. The Morgan fingerprint density at radius 3 is 2.65 bits per heavy atom. The lowest BCUT2D eigenvalue weighted by molar-refractivity contribution is 0.280. The van der Waals surface area contributed by atoms with E-state index in [1.54, 1.807) is 0 Å². The van der Waals surface area contributed by atoms with Crippen molar-refractivity contribution in [3.05, 3.63) is 22.9 Å². The Hall–Kier alpha value is -0.610. The molecule has 0 radical (unpaired) electrons. The second kappa shape index (κ2) is 8.63. The Balaban J connectivity index is 1.67. The zero-order chi connectivity index (χ0) is 14.2. The van der Waals surface area contributed by atoms with E-state index in [0.717, 1.165) is 30.0 Å². The average molecular weight is 341 g/mol. The van der Waals surface area contributed by atoms with Gasteiger partial charge in [-0.1, -0.05) is 25.7 Å². The molecule has 1 N–H and O–H groups in total. The molecule has 1 aromatic rings. The molecule has 112 valence electrons. The van der Waals surface area contributed by atoms with Crippen molar-refractivity contribution in [3.63, 3.8) is 0 Å². The molecule has 1 saturated heterocycles. The van der Waals surface area contributed by atoms with Crippen molar-refractivity contribution in [1.29, 1.82) is 0 Å². The van der Waals surface area contributed by atoms with Crippen molar-refractivity contribution >= 4 is 21.6 Å². The number of aliphatic hydroxyl groups excluding tert-OH is 1. The van der Waals surface area contributed by atoms with Crippen molar-refractivity contribution in [3.8, 4) is 0 Å². The number of nitrogens with zero attached hydrogens (tertiary/aromatic N) is 2. The van der Waals surface area contributed by atoms with E-state index in [4.69, 9.17) is 5.11 Å². The Labute approximate surface area is 130 Å². The molecule has 3 nitrogen and oxygen atoms in total. The molecule has 20 heavy (non-hydrogen) atoms. The second-order valence-electron chi connectivity index (χ2n) is 5.69. The Morgan fingerprint density at radius 2 is 1.95 bits per heavy atom. The number of hydrogen-bond donors (Lipinski definition) is 1. The zero-order valence-electron chi connectivity index (χ0n) is 12.1. The van der Waals surface area contributed by atoms with Crippen LogP contribution in [-0.4, -0.2) is 29.8 Å². The van der Waals surface area contributed by atoms with Gasteiger partial charge in [0.2, 0.25) is 0 Å². The molecule has 1 aliphatic heterocycles. The van der Waals surface area contributed by atoms with Crippen LogP contribution in [0.25, 0.3) is 0 Å². The van der Waals surface area contributed by atoms with Gasteiger partial charge in [0.15, 0.2) is 0 Å². The van der Waals surface area contributed by atoms with Crippen molar-refractivity contribution in [1.82, 2.24) is 4.98 Å². The predicted octanol–water partition coefficient (Wildman–Crippen LogP) is 4.00. The lowest BCUT2D eigenvalue weighted by atomic mass is 9.91. The highest BCUT2D eigenvalue weighted by atomic mass is 79.9. The van der Waals surface area contributed by atoms with E-state index in [0.29, 0.717) is 6.61 Å². The first-order valence-corrected chi connectivity index (χ1v) is 8.56. The topological polar surface area (TPSA) is 36.4 Å². The van der Waals surface area contributed by atoms with Gasteiger partial charge in [0.25, 0.3) is 0 Å². The van der Waals surface area contributed by atoms with E-state index in [-0.39, 0.29) is 0 Å². The number of hydrogen-bond acceptors (Lipinski definition) is 3. The van der Waals surface area contributed by atoms with Gasteiger partial charge < -0.3 is 10.0 Å². The van der Waals surface area contributed by atoms with Crippen LogP contribution in [0, 0.1) is 5.92 Å². The normalized spacial score (nSPS) is 16.6. The van der Waals surface area contributed by atoms with Gasteiger partial charge in [0, 0.05) is 31.6 Å². The molecule has 2 heterocycles. The second-order valence-corrected chi connectivity index (χ2v) is 6.51. The molecule has 0 aliphatic carbocycles. The van der Waals surface area contributed by atoms with Crippen LogP contribution in [0.2, 0.25) is 0 Å². The maximum absolute atomic E-state index is 8.76. The van der Waals surface area contributed by atoms with Gasteiger partial charge >= 0.3 is 0 Å². The molecular formula is C16H25BrN2O. The van der Waals surface area contributed by atoms with E-state index in [2.05, 4.69) is 37.9 Å². The lowest BCUT2D eigenvalue weighted by Crippen LogP contribution is -2.33. The number of unbranched alkanes of at least 4 members (excludes halogenated alkanes) is 3. The van der Waals surface area contributed by atoms with Gasteiger partial charge in [-0.3, -0.25) is 0 Å². The van der Waals surface area contributed by atoms with Crippen LogP contribution in [0.1, 0.15) is 44.9 Å². The molecule has 1 fully saturated rings. The number of anilines is 1. The average Bonchev–Trinajstić information content (AvgIpc) is 2.48. The third kappa shape index (κ3) is 5.06. The smallest absolute Gasteiger partial charge is 0.108 e. The molecule has 2 rings (SSSR count). The minimum atomic E-state index is 0.347. The van der Waals surface area contributed by atoms with Crippen molar-refractivity contribution < 1.29 is 5.11 Å². The fourth-order valence-electron chi connectivity index (χ4n) is 2.97. The number of pyridine rings is 1. The Bertz CT molecular complexity index is 392. The molecule has 1 aromatic heterocycles. The zero-order valence-corrected chi connectivity index (χ0v) is 13.7. The standard InChI is InChI=1S/C16H25BrN2O/c17-16-13-15(6-9-18-16)19-10-7-14(8-11-19)5-3-1-2-4-12-20/h6,9,13-14,20H,1-5,7-8,10-12H2. The van der Waals surface area contributed by atoms with Gasteiger partial charge in [-0.05, 0) is 53.2 Å². The summed E-state index contributed by atoms with van der Waals surface area (Å²) < 4.78 is 0.918. The summed E-state index contributed by atoms with van der Waals surface area (Å²) in [4.78, 5) is 6.65.